The van der Waals surface area contributed by atoms with Crippen molar-refractivity contribution >= 4 is 22.9 Å². The fourth-order valence-corrected chi connectivity index (χ4v) is 3.36. The maximum absolute atomic E-state index is 13.2. The fraction of sp³-hybridized carbons (Fsp3) is 0. The standard InChI is InChI=1S/C21H14ClNO2/c22-19-17-8-4-5-13-23(17)20(18(19)14-6-2-1-3-7-14)21(25)15-9-11-16(24)12-10-15/h1-13,24H. The van der Waals surface area contributed by atoms with Crippen LogP contribution in [0.2, 0.25) is 5.02 Å². The number of phenolic OH excluding ortho intramolecular Hbond substituents is 1. The molecule has 0 saturated heterocycles. The Hall–Kier alpha value is -3.04. The van der Waals surface area contributed by atoms with Crippen molar-refractivity contribution < 1.29 is 9.90 Å². The number of fused-ring (bicyclic) bond motifs is 1. The average molecular weight is 348 g/mol. The molecule has 0 saturated carbocycles. The van der Waals surface area contributed by atoms with Gasteiger partial charge in [-0.2, -0.15) is 0 Å². The quantitative estimate of drug-likeness (QED) is 0.518. The summed E-state index contributed by atoms with van der Waals surface area (Å²) < 4.78 is 1.82. The van der Waals surface area contributed by atoms with E-state index in [0.29, 0.717) is 21.8 Å². The van der Waals surface area contributed by atoms with Gasteiger partial charge in [0.1, 0.15) is 11.4 Å². The highest BCUT2D eigenvalue weighted by atomic mass is 35.5. The van der Waals surface area contributed by atoms with Gasteiger partial charge in [-0.3, -0.25) is 4.79 Å². The van der Waals surface area contributed by atoms with Gasteiger partial charge in [0.15, 0.2) is 0 Å². The van der Waals surface area contributed by atoms with Gasteiger partial charge in [0.25, 0.3) is 0 Å². The molecule has 4 rings (SSSR count). The van der Waals surface area contributed by atoms with Gasteiger partial charge in [0, 0.05) is 17.3 Å². The van der Waals surface area contributed by atoms with E-state index in [2.05, 4.69) is 0 Å². The number of aromatic nitrogens is 1. The third-order valence-corrected chi connectivity index (χ3v) is 4.57. The molecule has 0 fully saturated rings. The largest absolute Gasteiger partial charge is 0.508 e. The summed E-state index contributed by atoms with van der Waals surface area (Å²) in [6.07, 6.45) is 1.83. The zero-order valence-electron chi connectivity index (χ0n) is 13.2. The SMILES string of the molecule is O=C(c1ccc(O)cc1)c1c(-c2ccccc2)c(Cl)c2ccccn12. The smallest absolute Gasteiger partial charge is 0.210 e. The van der Waals surface area contributed by atoms with Gasteiger partial charge in [-0.25, -0.2) is 0 Å². The van der Waals surface area contributed by atoms with Gasteiger partial charge in [0.2, 0.25) is 5.78 Å². The van der Waals surface area contributed by atoms with E-state index in [4.69, 9.17) is 11.6 Å². The number of benzene rings is 2. The van der Waals surface area contributed by atoms with Crippen LogP contribution in [0, 0.1) is 0 Å². The predicted molar refractivity (Wildman–Crippen MR) is 99.4 cm³/mol. The molecule has 2 heterocycles. The van der Waals surface area contributed by atoms with Gasteiger partial charge in [-0.1, -0.05) is 48.0 Å². The highest BCUT2D eigenvalue weighted by Gasteiger charge is 2.24. The number of pyridine rings is 1. The lowest BCUT2D eigenvalue weighted by Crippen LogP contribution is -2.06. The minimum atomic E-state index is -0.146. The van der Waals surface area contributed by atoms with Crippen LogP contribution in [0.4, 0.5) is 0 Å². The second-order valence-corrected chi connectivity index (χ2v) is 6.11. The van der Waals surface area contributed by atoms with E-state index in [1.165, 1.54) is 12.1 Å². The molecule has 0 bridgehead atoms. The monoisotopic (exact) mass is 347 g/mol. The number of carbonyl (C=O) groups excluding carboxylic acids is 1. The van der Waals surface area contributed by atoms with Gasteiger partial charge in [-0.05, 0) is 42.0 Å². The van der Waals surface area contributed by atoms with Crippen molar-refractivity contribution in [2.45, 2.75) is 0 Å². The maximum atomic E-state index is 13.2. The molecule has 2 aromatic carbocycles. The Bertz CT molecular complexity index is 1070. The fourth-order valence-electron chi connectivity index (χ4n) is 3.01. The Kier molecular flexibility index (Phi) is 3.79. The van der Waals surface area contributed by atoms with Crippen molar-refractivity contribution in [3.8, 4) is 16.9 Å². The number of aromatic hydroxyl groups is 1. The van der Waals surface area contributed by atoms with E-state index in [1.54, 1.807) is 12.1 Å². The molecular weight excluding hydrogens is 334 g/mol. The van der Waals surface area contributed by atoms with Gasteiger partial charge >= 0.3 is 0 Å². The Morgan fingerprint density at radius 1 is 0.880 bits per heavy atom. The Labute approximate surface area is 149 Å². The minimum absolute atomic E-state index is 0.123. The van der Waals surface area contributed by atoms with Gasteiger partial charge in [-0.15, -0.1) is 0 Å². The molecule has 0 amide bonds. The zero-order chi connectivity index (χ0) is 17.4. The molecular formula is C21H14ClNO2. The van der Waals surface area contributed by atoms with Crippen LogP contribution in [0.3, 0.4) is 0 Å². The number of halogens is 1. The summed E-state index contributed by atoms with van der Waals surface area (Å²) in [6, 6.07) is 21.5. The summed E-state index contributed by atoms with van der Waals surface area (Å²) in [5.41, 5.74) is 3.39. The third-order valence-electron chi connectivity index (χ3n) is 4.19. The second-order valence-electron chi connectivity index (χ2n) is 5.74. The molecule has 4 heteroatoms. The van der Waals surface area contributed by atoms with Crippen molar-refractivity contribution in [1.82, 2.24) is 4.40 Å². The van der Waals surface area contributed by atoms with E-state index < -0.39 is 0 Å². The van der Waals surface area contributed by atoms with Gasteiger partial charge < -0.3 is 9.51 Å². The van der Waals surface area contributed by atoms with Crippen LogP contribution in [0.5, 0.6) is 5.75 Å². The molecule has 1 N–H and O–H groups in total. The van der Waals surface area contributed by atoms with Crippen LogP contribution in [-0.4, -0.2) is 15.3 Å². The number of hydrogen-bond acceptors (Lipinski definition) is 2. The van der Waals surface area contributed by atoms with Crippen LogP contribution < -0.4 is 0 Å². The first kappa shape index (κ1) is 15.5. The van der Waals surface area contributed by atoms with Crippen molar-refractivity contribution in [2.24, 2.45) is 0 Å². The van der Waals surface area contributed by atoms with Crippen molar-refractivity contribution in [3.63, 3.8) is 0 Å². The summed E-state index contributed by atoms with van der Waals surface area (Å²) in [5.74, 6) is -0.0233. The molecule has 0 aliphatic rings. The first-order valence-electron chi connectivity index (χ1n) is 7.84. The summed E-state index contributed by atoms with van der Waals surface area (Å²) in [6.45, 7) is 0. The lowest BCUT2D eigenvalue weighted by molar-refractivity contribution is 0.103. The molecule has 0 radical (unpaired) electrons. The molecule has 0 atom stereocenters. The number of nitrogens with zero attached hydrogens (tertiary/aromatic N) is 1. The third kappa shape index (κ3) is 2.59. The molecule has 122 valence electrons. The highest BCUT2D eigenvalue weighted by Crippen LogP contribution is 2.38. The minimum Gasteiger partial charge on any atom is -0.508 e. The Balaban J connectivity index is 2.02. The van der Waals surface area contributed by atoms with E-state index in [9.17, 15) is 9.90 Å². The normalized spacial score (nSPS) is 10.9. The molecule has 0 aliphatic heterocycles. The average Bonchev–Trinajstić information content (AvgIpc) is 2.95. The Morgan fingerprint density at radius 2 is 1.56 bits per heavy atom. The molecule has 2 aromatic heterocycles. The van der Waals surface area contributed by atoms with Crippen molar-refractivity contribution in [1.29, 1.82) is 0 Å². The molecule has 0 aliphatic carbocycles. The van der Waals surface area contributed by atoms with Gasteiger partial charge in [0.05, 0.1) is 10.5 Å². The Morgan fingerprint density at radius 3 is 2.28 bits per heavy atom. The number of ketones is 1. The number of rotatable bonds is 3. The van der Waals surface area contributed by atoms with Crippen LogP contribution >= 0.6 is 11.6 Å². The van der Waals surface area contributed by atoms with Crippen molar-refractivity contribution in [2.75, 3.05) is 0 Å². The molecule has 0 spiro atoms. The summed E-state index contributed by atoms with van der Waals surface area (Å²) in [4.78, 5) is 13.2. The van der Waals surface area contributed by atoms with E-state index >= 15 is 0 Å². The van der Waals surface area contributed by atoms with E-state index in [-0.39, 0.29) is 11.5 Å². The van der Waals surface area contributed by atoms with E-state index in [1.807, 2.05) is 59.1 Å². The number of hydrogen-bond donors (Lipinski definition) is 1. The number of carbonyl (C=O) groups is 1. The molecule has 4 aromatic rings. The second kappa shape index (κ2) is 6.11. The molecule has 25 heavy (non-hydrogen) atoms. The summed E-state index contributed by atoms with van der Waals surface area (Å²) in [7, 11) is 0. The first-order chi connectivity index (χ1) is 12.2. The highest BCUT2D eigenvalue weighted by molar-refractivity contribution is 6.38. The van der Waals surface area contributed by atoms with Crippen LogP contribution in [0.1, 0.15) is 16.1 Å². The summed E-state index contributed by atoms with van der Waals surface area (Å²) in [5, 5.41) is 10.0. The van der Waals surface area contributed by atoms with Crippen LogP contribution in [0.15, 0.2) is 79.0 Å². The summed E-state index contributed by atoms with van der Waals surface area (Å²) >= 11 is 6.64. The van der Waals surface area contributed by atoms with E-state index in [0.717, 1.165) is 11.1 Å². The van der Waals surface area contributed by atoms with Crippen LogP contribution in [-0.2, 0) is 0 Å². The van der Waals surface area contributed by atoms with Crippen LogP contribution in [0.25, 0.3) is 16.6 Å². The van der Waals surface area contributed by atoms with Crippen molar-refractivity contribution in [3.05, 3.63) is 95.3 Å². The lowest BCUT2D eigenvalue weighted by atomic mass is 10.00. The maximum Gasteiger partial charge on any atom is 0.210 e. The lowest BCUT2D eigenvalue weighted by Gasteiger charge is -2.07. The topological polar surface area (TPSA) is 41.7 Å². The first-order valence-corrected chi connectivity index (χ1v) is 8.22. The number of phenols is 1. The predicted octanol–water partition coefficient (Wildman–Crippen LogP) is 5.20. The molecule has 3 nitrogen and oxygen atoms in total. The zero-order valence-corrected chi connectivity index (χ0v) is 13.9. The molecule has 0 unspecified atom stereocenters.